The van der Waals surface area contributed by atoms with Crippen LogP contribution in [-0.2, 0) is 11.3 Å². The SMILES string of the molecule is O=C([O-])CSc1nnc(CNC(=O)c2c(F)cccc2F)o1. The Bertz CT molecular complexity index is 687. The van der Waals surface area contributed by atoms with E-state index in [1.165, 1.54) is 0 Å². The molecule has 0 spiro atoms. The molecule has 7 nitrogen and oxygen atoms in total. The van der Waals surface area contributed by atoms with Gasteiger partial charge in [0.25, 0.3) is 11.1 Å². The van der Waals surface area contributed by atoms with Crippen LogP contribution in [0.3, 0.4) is 0 Å². The van der Waals surface area contributed by atoms with Gasteiger partial charge in [0.15, 0.2) is 0 Å². The van der Waals surface area contributed by atoms with E-state index in [0.29, 0.717) is 0 Å². The van der Waals surface area contributed by atoms with Gasteiger partial charge in [-0.15, -0.1) is 10.2 Å². The Kier molecular flexibility index (Phi) is 5.04. The molecule has 0 aliphatic rings. The molecule has 0 aliphatic heterocycles. The van der Waals surface area contributed by atoms with E-state index in [9.17, 15) is 23.5 Å². The van der Waals surface area contributed by atoms with Crippen molar-refractivity contribution in [1.82, 2.24) is 15.5 Å². The maximum absolute atomic E-state index is 13.4. The predicted molar refractivity (Wildman–Crippen MR) is 67.6 cm³/mol. The molecule has 0 saturated heterocycles. The molecule has 1 heterocycles. The number of thioether (sulfide) groups is 1. The molecular formula is C12H8F2N3O4S-. The maximum Gasteiger partial charge on any atom is 0.277 e. The summed E-state index contributed by atoms with van der Waals surface area (Å²) < 4.78 is 31.8. The van der Waals surface area contributed by atoms with E-state index in [2.05, 4.69) is 15.5 Å². The Morgan fingerprint density at radius 3 is 2.59 bits per heavy atom. The minimum Gasteiger partial charge on any atom is -0.549 e. The summed E-state index contributed by atoms with van der Waals surface area (Å²) in [5, 5.41) is 19.5. The second-order valence-electron chi connectivity index (χ2n) is 3.90. The molecule has 1 aromatic heterocycles. The Morgan fingerprint density at radius 1 is 1.27 bits per heavy atom. The van der Waals surface area contributed by atoms with Gasteiger partial charge in [-0.25, -0.2) is 8.78 Å². The number of nitrogens with zero attached hydrogens (tertiary/aromatic N) is 2. The van der Waals surface area contributed by atoms with Crippen LogP contribution in [0, 0.1) is 11.6 Å². The third-order valence-corrected chi connectivity index (χ3v) is 3.14. The number of carbonyl (C=O) groups is 2. The number of hydrogen-bond acceptors (Lipinski definition) is 7. The molecular weight excluding hydrogens is 320 g/mol. The molecule has 116 valence electrons. The molecule has 0 aliphatic carbocycles. The van der Waals surface area contributed by atoms with Crippen molar-refractivity contribution in [2.75, 3.05) is 5.75 Å². The Morgan fingerprint density at radius 2 is 1.95 bits per heavy atom. The maximum atomic E-state index is 13.4. The molecule has 10 heteroatoms. The van der Waals surface area contributed by atoms with Crippen molar-refractivity contribution in [2.45, 2.75) is 11.8 Å². The number of nitrogens with one attached hydrogen (secondary N) is 1. The highest BCUT2D eigenvalue weighted by Gasteiger charge is 2.17. The highest BCUT2D eigenvalue weighted by Crippen LogP contribution is 2.15. The van der Waals surface area contributed by atoms with E-state index < -0.39 is 29.1 Å². The minimum absolute atomic E-state index is 0.0227. The third-order valence-electron chi connectivity index (χ3n) is 2.35. The first-order valence-electron chi connectivity index (χ1n) is 5.84. The molecule has 2 aromatic rings. The van der Waals surface area contributed by atoms with Gasteiger partial charge in [0, 0.05) is 5.75 Å². The number of carbonyl (C=O) groups excluding carboxylic acids is 2. The quantitative estimate of drug-likeness (QED) is 0.750. The van der Waals surface area contributed by atoms with Crippen LogP contribution < -0.4 is 10.4 Å². The van der Waals surface area contributed by atoms with Crippen molar-refractivity contribution < 1.29 is 27.9 Å². The summed E-state index contributed by atoms with van der Waals surface area (Å²) in [5.74, 6) is -4.66. The van der Waals surface area contributed by atoms with Crippen LogP contribution in [0.25, 0.3) is 0 Å². The van der Waals surface area contributed by atoms with Gasteiger partial charge in [-0.3, -0.25) is 4.79 Å². The van der Waals surface area contributed by atoms with Crippen molar-refractivity contribution >= 4 is 23.6 Å². The van der Waals surface area contributed by atoms with Crippen molar-refractivity contribution in [1.29, 1.82) is 0 Å². The molecule has 1 aromatic carbocycles. The lowest BCUT2D eigenvalue weighted by molar-refractivity contribution is -0.301. The highest BCUT2D eigenvalue weighted by molar-refractivity contribution is 7.99. The van der Waals surface area contributed by atoms with Gasteiger partial charge >= 0.3 is 0 Å². The van der Waals surface area contributed by atoms with Gasteiger partial charge in [0.05, 0.1) is 12.5 Å². The number of aromatic nitrogens is 2. The molecule has 1 N–H and O–H groups in total. The average molecular weight is 328 g/mol. The van der Waals surface area contributed by atoms with Crippen LogP contribution in [0.5, 0.6) is 0 Å². The van der Waals surface area contributed by atoms with Crippen molar-refractivity contribution in [3.63, 3.8) is 0 Å². The fraction of sp³-hybridized carbons (Fsp3) is 0.167. The highest BCUT2D eigenvalue weighted by atomic mass is 32.2. The first-order valence-corrected chi connectivity index (χ1v) is 6.83. The average Bonchev–Trinajstić information content (AvgIpc) is 2.90. The fourth-order valence-corrected chi connectivity index (χ4v) is 1.94. The first-order chi connectivity index (χ1) is 10.5. The lowest BCUT2D eigenvalue weighted by Gasteiger charge is -2.04. The van der Waals surface area contributed by atoms with Crippen LogP contribution in [0.15, 0.2) is 27.8 Å². The second kappa shape index (κ2) is 6.98. The lowest BCUT2D eigenvalue weighted by atomic mass is 10.2. The van der Waals surface area contributed by atoms with Gasteiger partial charge in [-0.1, -0.05) is 17.8 Å². The Hall–Kier alpha value is -2.49. The molecule has 0 saturated carbocycles. The Labute approximate surface area is 126 Å². The fourth-order valence-electron chi connectivity index (χ4n) is 1.45. The monoisotopic (exact) mass is 328 g/mol. The normalized spacial score (nSPS) is 10.5. The van der Waals surface area contributed by atoms with Gasteiger partial charge in [-0.2, -0.15) is 0 Å². The van der Waals surface area contributed by atoms with Crippen LogP contribution in [0.1, 0.15) is 16.2 Å². The van der Waals surface area contributed by atoms with Gasteiger partial charge in [0.1, 0.15) is 17.2 Å². The molecule has 0 bridgehead atoms. The summed E-state index contributed by atoms with van der Waals surface area (Å²) in [5.41, 5.74) is -0.714. The van der Waals surface area contributed by atoms with E-state index >= 15 is 0 Å². The summed E-state index contributed by atoms with van der Waals surface area (Å²) >= 11 is 0.750. The summed E-state index contributed by atoms with van der Waals surface area (Å²) in [7, 11) is 0. The number of aliphatic carboxylic acids is 1. The summed E-state index contributed by atoms with van der Waals surface area (Å²) in [6, 6.07) is 3.05. The lowest BCUT2D eigenvalue weighted by Crippen LogP contribution is -2.25. The summed E-state index contributed by atoms with van der Waals surface area (Å²) in [6.45, 7) is -0.258. The number of amides is 1. The third kappa shape index (κ3) is 4.01. The standard InChI is InChI=1S/C12H9F2N3O4S/c13-6-2-1-3-7(14)10(6)11(20)15-4-8-16-17-12(21-8)22-5-9(18)19/h1-3H,4-5H2,(H,15,20)(H,18,19)/p-1. The number of rotatable bonds is 6. The minimum atomic E-state index is -1.30. The summed E-state index contributed by atoms with van der Waals surface area (Å²) in [6.07, 6.45) is 0. The van der Waals surface area contributed by atoms with Crippen LogP contribution >= 0.6 is 11.8 Å². The zero-order chi connectivity index (χ0) is 16.1. The van der Waals surface area contributed by atoms with E-state index in [4.69, 9.17) is 4.42 Å². The molecule has 2 rings (SSSR count). The molecule has 0 radical (unpaired) electrons. The summed E-state index contributed by atoms with van der Waals surface area (Å²) in [4.78, 5) is 22.0. The van der Waals surface area contributed by atoms with Crippen LogP contribution in [0.4, 0.5) is 8.78 Å². The number of hydrogen-bond donors (Lipinski definition) is 1. The molecule has 22 heavy (non-hydrogen) atoms. The molecule has 1 amide bonds. The first kappa shape index (κ1) is 15.9. The number of carboxylic acid groups (broad SMARTS) is 1. The number of halogens is 2. The zero-order valence-electron chi connectivity index (χ0n) is 10.8. The molecule has 0 fully saturated rings. The van der Waals surface area contributed by atoms with E-state index in [1.807, 2.05) is 0 Å². The molecule has 0 unspecified atom stereocenters. The number of benzene rings is 1. The topological polar surface area (TPSA) is 108 Å². The largest absolute Gasteiger partial charge is 0.549 e. The second-order valence-corrected chi connectivity index (χ2v) is 4.83. The smallest absolute Gasteiger partial charge is 0.277 e. The zero-order valence-corrected chi connectivity index (χ0v) is 11.7. The van der Waals surface area contributed by atoms with Crippen molar-refractivity contribution in [2.24, 2.45) is 0 Å². The van der Waals surface area contributed by atoms with Gasteiger partial charge < -0.3 is 19.6 Å². The van der Waals surface area contributed by atoms with E-state index in [0.717, 1.165) is 30.0 Å². The Balaban J connectivity index is 1.95. The van der Waals surface area contributed by atoms with E-state index in [1.54, 1.807) is 0 Å². The molecule has 0 atom stereocenters. The van der Waals surface area contributed by atoms with Crippen LogP contribution in [0.2, 0.25) is 0 Å². The van der Waals surface area contributed by atoms with E-state index in [-0.39, 0.29) is 23.4 Å². The van der Waals surface area contributed by atoms with Crippen molar-refractivity contribution in [3.05, 3.63) is 41.3 Å². The number of carboxylic acids is 1. The van der Waals surface area contributed by atoms with Gasteiger partial charge in [0.2, 0.25) is 5.89 Å². The van der Waals surface area contributed by atoms with Crippen LogP contribution in [-0.4, -0.2) is 27.8 Å². The van der Waals surface area contributed by atoms with Gasteiger partial charge in [-0.05, 0) is 12.1 Å². The predicted octanol–water partition coefficient (Wildman–Crippen LogP) is 0.120. The van der Waals surface area contributed by atoms with Crippen molar-refractivity contribution in [3.8, 4) is 0 Å².